The van der Waals surface area contributed by atoms with Gasteiger partial charge in [-0.15, -0.1) is 0 Å². The summed E-state index contributed by atoms with van der Waals surface area (Å²) in [5, 5.41) is 0.487. The first kappa shape index (κ1) is 15.9. The van der Waals surface area contributed by atoms with E-state index in [2.05, 4.69) is 4.72 Å². The molecule has 2 aromatic carbocycles. The van der Waals surface area contributed by atoms with Crippen LogP contribution in [0.25, 0.3) is 0 Å². The summed E-state index contributed by atoms with van der Waals surface area (Å²) < 4.78 is 27.4. The second-order valence-electron chi connectivity index (χ2n) is 4.71. The first-order valence-corrected chi connectivity index (χ1v) is 8.29. The molecule has 2 aromatic rings. The highest BCUT2D eigenvalue weighted by Gasteiger charge is 2.18. The van der Waals surface area contributed by atoms with Crippen molar-refractivity contribution in [3.8, 4) is 0 Å². The maximum atomic E-state index is 12.4. The van der Waals surface area contributed by atoms with Gasteiger partial charge in [0.15, 0.2) is 0 Å². The molecule has 0 saturated heterocycles. The summed E-state index contributed by atoms with van der Waals surface area (Å²) in [7, 11) is -3.74. The molecule has 0 radical (unpaired) electrons. The van der Waals surface area contributed by atoms with Crippen molar-refractivity contribution in [2.24, 2.45) is 0 Å². The third-order valence-corrected chi connectivity index (χ3v) is 5.08. The van der Waals surface area contributed by atoms with Crippen LogP contribution in [0.2, 0.25) is 10.0 Å². The Morgan fingerprint density at radius 2 is 1.57 bits per heavy atom. The molecule has 0 aromatic heterocycles. The van der Waals surface area contributed by atoms with E-state index in [1.165, 1.54) is 18.2 Å². The van der Waals surface area contributed by atoms with Gasteiger partial charge in [0.05, 0.1) is 20.6 Å². The fourth-order valence-electron chi connectivity index (χ4n) is 2.00. The summed E-state index contributed by atoms with van der Waals surface area (Å²) in [6, 6.07) is 7.58. The third kappa shape index (κ3) is 3.43. The van der Waals surface area contributed by atoms with Gasteiger partial charge in [-0.1, -0.05) is 23.2 Å². The molecular formula is C14H14Cl2N2O2S. The van der Waals surface area contributed by atoms with Gasteiger partial charge >= 0.3 is 0 Å². The van der Waals surface area contributed by atoms with E-state index in [1.807, 2.05) is 0 Å². The Morgan fingerprint density at radius 1 is 1.00 bits per heavy atom. The Labute approximate surface area is 133 Å². The molecule has 0 saturated carbocycles. The van der Waals surface area contributed by atoms with Gasteiger partial charge < -0.3 is 5.73 Å². The van der Waals surface area contributed by atoms with Crippen molar-refractivity contribution >= 4 is 44.6 Å². The van der Waals surface area contributed by atoms with Crippen LogP contribution in [0.4, 0.5) is 11.4 Å². The Balaban J connectivity index is 2.44. The Hall–Kier alpha value is -1.43. The zero-order chi connectivity index (χ0) is 15.8. The van der Waals surface area contributed by atoms with Crippen molar-refractivity contribution in [3.05, 3.63) is 51.5 Å². The van der Waals surface area contributed by atoms with E-state index < -0.39 is 10.0 Å². The lowest BCUT2D eigenvalue weighted by Gasteiger charge is -2.14. The smallest absolute Gasteiger partial charge is 0.261 e. The van der Waals surface area contributed by atoms with Crippen molar-refractivity contribution in [1.82, 2.24) is 0 Å². The maximum Gasteiger partial charge on any atom is 0.261 e. The standard InChI is InChI=1S/C14H14Cl2N2O2S/c1-8-5-10(17)6-9(2)14(8)18-21(19,20)11-3-4-12(15)13(16)7-11/h3-7,18H,17H2,1-2H3. The monoisotopic (exact) mass is 344 g/mol. The SMILES string of the molecule is Cc1cc(N)cc(C)c1NS(=O)(=O)c1ccc(Cl)c(Cl)c1. The van der Waals surface area contributed by atoms with Gasteiger partial charge in [0.1, 0.15) is 0 Å². The number of anilines is 2. The Morgan fingerprint density at radius 3 is 2.10 bits per heavy atom. The number of nitrogen functional groups attached to an aromatic ring is 1. The van der Waals surface area contributed by atoms with Crippen LogP contribution in [-0.4, -0.2) is 8.42 Å². The number of aryl methyl sites for hydroxylation is 2. The van der Waals surface area contributed by atoms with Gasteiger partial charge in [-0.2, -0.15) is 0 Å². The molecule has 0 amide bonds. The summed E-state index contributed by atoms with van der Waals surface area (Å²) in [4.78, 5) is 0.0486. The number of nitrogens with one attached hydrogen (secondary N) is 1. The van der Waals surface area contributed by atoms with Gasteiger partial charge in [-0.25, -0.2) is 8.42 Å². The average Bonchev–Trinajstić information content (AvgIpc) is 2.37. The van der Waals surface area contributed by atoms with E-state index >= 15 is 0 Å². The van der Waals surface area contributed by atoms with Gasteiger partial charge in [-0.05, 0) is 55.3 Å². The van der Waals surface area contributed by atoms with Crippen LogP contribution >= 0.6 is 23.2 Å². The lowest BCUT2D eigenvalue weighted by atomic mass is 10.1. The fraction of sp³-hybridized carbons (Fsp3) is 0.143. The summed E-state index contributed by atoms with van der Waals surface area (Å²) in [6.07, 6.45) is 0. The average molecular weight is 345 g/mol. The molecule has 3 N–H and O–H groups in total. The van der Waals surface area contributed by atoms with Crippen LogP contribution in [0.3, 0.4) is 0 Å². The molecule has 0 aliphatic heterocycles. The van der Waals surface area contributed by atoms with E-state index in [0.29, 0.717) is 16.4 Å². The zero-order valence-corrected chi connectivity index (χ0v) is 13.8. The predicted molar refractivity (Wildman–Crippen MR) is 87.6 cm³/mol. The predicted octanol–water partition coefficient (Wildman–Crippen LogP) is 3.99. The van der Waals surface area contributed by atoms with E-state index in [9.17, 15) is 8.42 Å². The molecule has 4 nitrogen and oxygen atoms in total. The molecule has 112 valence electrons. The van der Waals surface area contributed by atoms with E-state index in [0.717, 1.165) is 11.1 Å². The van der Waals surface area contributed by atoms with Crippen LogP contribution in [0, 0.1) is 13.8 Å². The van der Waals surface area contributed by atoms with Crippen molar-refractivity contribution < 1.29 is 8.42 Å². The molecule has 21 heavy (non-hydrogen) atoms. The zero-order valence-electron chi connectivity index (χ0n) is 11.4. The normalized spacial score (nSPS) is 11.4. The van der Waals surface area contributed by atoms with E-state index in [1.54, 1.807) is 26.0 Å². The number of hydrogen-bond donors (Lipinski definition) is 2. The molecule has 0 spiro atoms. The second-order valence-corrected chi connectivity index (χ2v) is 7.21. The van der Waals surface area contributed by atoms with Gasteiger partial charge in [0, 0.05) is 5.69 Å². The molecule has 0 fully saturated rings. The molecule has 0 atom stereocenters. The minimum atomic E-state index is -3.74. The van der Waals surface area contributed by atoms with Crippen LogP contribution in [0.15, 0.2) is 35.2 Å². The van der Waals surface area contributed by atoms with Crippen molar-refractivity contribution in [1.29, 1.82) is 0 Å². The van der Waals surface area contributed by atoms with E-state index in [4.69, 9.17) is 28.9 Å². The number of rotatable bonds is 3. The van der Waals surface area contributed by atoms with E-state index in [-0.39, 0.29) is 9.92 Å². The van der Waals surface area contributed by atoms with Gasteiger partial charge in [0.2, 0.25) is 0 Å². The minimum absolute atomic E-state index is 0.0486. The first-order valence-electron chi connectivity index (χ1n) is 6.05. The van der Waals surface area contributed by atoms with Crippen LogP contribution in [0.1, 0.15) is 11.1 Å². The molecule has 2 rings (SSSR count). The number of nitrogens with two attached hydrogens (primary N) is 1. The summed E-state index contributed by atoms with van der Waals surface area (Å²) >= 11 is 11.7. The highest BCUT2D eigenvalue weighted by atomic mass is 35.5. The Kier molecular flexibility index (Phi) is 4.37. The third-order valence-electron chi connectivity index (χ3n) is 2.99. The summed E-state index contributed by atoms with van der Waals surface area (Å²) in [5.74, 6) is 0. The highest BCUT2D eigenvalue weighted by Crippen LogP contribution is 2.29. The molecule has 0 heterocycles. The number of benzene rings is 2. The van der Waals surface area contributed by atoms with Crippen LogP contribution in [0.5, 0.6) is 0 Å². The van der Waals surface area contributed by atoms with Crippen molar-refractivity contribution in [3.63, 3.8) is 0 Å². The van der Waals surface area contributed by atoms with Gasteiger partial charge in [-0.3, -0.25) is 4.72 Å². The van der Waals surface area contributed by atoms with Crippen molar-refractivity contribution in [2.45, 2.75) is 18.7 Å². The molecule has 7 heteroatoms. The summed E-state index contributed by atoms with van der Waals surface area (Å²) in [5.41, 5.74) is 8.32. The molecule has 0 aliphatic rings. The lowest BCUT2D eigenvalue weighted by molar-refractivity contribution is 0.601. The molecule has 0 aliphatic carbocycles. The molecular weight excluding hydrogens is 331 g/mol. The molecule has 0 bridgehead atoms. The topological polar surface area (TPSA) is 72.2 Å². The maximum absolute atomic E-state index is 12.4. The fourth-order valence-corrected chi connectivity index (χ4v) is 3.59. The Bertz CT molecular complexity index is 782. The number of hydrogen-bond acceptors (Lipinski definition) is 3. The van der Waals surface area contributed by atoms with Gasteiger partial charge in [0.25, 0.3) is 10.0 Å². The lowest BCUT2D eigenvalue weighted by Crippen LogP contribution is -2.15. The first-order chi connectivity index (χ1) is 9.70. The minimum Gasteiger partial charge on any atom is -0.399 e. The summed E-state index contributed by atoms with van der Waals surface area (Å²) in [6.45, 7) is 3.58. The second kappa shape index (κ2) is 5.75. The van der Waals surface area contributed by atoms with Crippen LogP contribution < -0.4 is 10.5 Å². The largest absolute Gasteiger partial charge is 0.399 e. The molecule has 0 unspecified atom stereocenters. The van der Waals surface area contributed by atoms with Crippen molar-refractivity contribution in [2.75, 3.05) is 10.5 Å². The highest BCUT2D eigenvalue weighted by molar-refractivity contribution is 7.92. The number of halogens is 2. The van der Waals surface area contributed by atoms with Crippen LogP contribution in [-0.2, 0) is 10.0 Å². The quantitative estimate of drug-likeness (QED) is 0.826. The number of sulfonamides is 1.